The zero-order valence-electron chi connectivity index (χ0n) is 10.9. The second kappa shape index (κ2) is 7.70. The second-order valence-electron chi connectivity index (χ2n) is 4.16. The van der Waals surface area contributed by atoms with Crippen molar-refractivity contribution in [2.45, 2.75) is 25.9 Å². The van der Waals surface area contributed by atoms with Gasteiger partial charge in [0.15, 0.2) is 6.61 Å². The Bertz CT molecular complexity index is 463. The maximum absolute atomic E-state index is 12.1. The van der Waals surface area contributed by atoms with Crippen LogP contribution in [0.4, 0.5) is 13.2 Å². The van der Waals surface area contributed by atoms with Gasteiger partial charge < -0.3 is 10.1 Å². The van der Waals surface area contributed by atoms with Gasteiger partial charge in [-0.3, -0.25) is 4.79 Å². The summed E-state index contributed by atoms with van der Waals surface area (Å²) in [5, 5.41) is 2.74. The van der Waals surface area contributed by atoms with Crippen molar-refractivity contribution in [1.29, 1.82) is 0 Å². The maximum atomic E-state index is 12.1. The highest BCUT2D eigenvalue weighted by atomic mass is 127. The Morgan fingerprint density at radius 3 is 2.65 bits per heavy atom. The lowest BCUT2D eigenvalue weighted by Gasteiger charge is -2.11. The molecule has 0 atom stereocenters. The monoisotopic (exact) mass is 401 g/mol. The summed E-state index contributed by atoms with van der Waals surface area (Å²) >= 11 is 1.84. The Kier molecular flexibility index (Phi) is 6.57. The number of carbonyl (C=O) groups excluding carboxylic acids is 1. The van der Waals surface area contributed by atoms with Gasteiger partial charge >= 0.3 is 6.18 Å². The Labute approximate surface area is 129 Å². The Balaban J connectivity index is 2.65. The predicted octanol–water partition coefficient (Wildman–Crippen LogP) is 3.76. The summed E-state index contributed by atoms with van der Waals surface area (Å²) in [6, 6.07) is 4.34. The van der Waals surface area contributed by atoms with E-state index in [0.717, 1.165) is 12.8 Å². The molecule has 0 saturated heterocycles. The van der Waals surface area contributed by atoms with Crippen molar-refractivity contribution in [2.24, 2.45) is 0 Å². The zero-order valence-corrected chi connectivity index (χ0v) is 13.0. The van der Waals surface area contributed by atoms with E-state index in [1.807, 2.05) is 29.5 Å². The van der Waals surface area contributed by atoms with Gasteiger partial charge in [-0.25, -0.2) is 0 Å². The van der Waals surface area contributed by atoms with Crippen LogP contribution >= 0.6 is 22.6 Å². The van der Waals surface area contributed by atoms with E-state index < -0.39 is 12.8 Å². The summed E-state index contributed by atoms with van der Waals surface area (Å²) < 4.78 is 41.3. The molecule has 3 nitrogen and oxygen atoms in total. The molecule has 0 aromatic heterocycles. The molecule has 0 fully saturated rings. The molecule has 1 amide bonds. The van der Waals surface area contributed by atoms with Gasteiger partial charge in [-0.1, -0.05) is 13.3 Å². The summed E-state index contributed by atoms with van der Waals surface area (Å²) in [4.78, 5) is 11.8. The van der Waals surface area contributed by atoms with Crippen LogP contribution in [0.2, 0.25) is 0 Å². The van der Waals surface area contributed by atoms with Crippen LogP contribution in [-0.2, 0) is 0 Å². The van der Waals surface area contributed by atoms with Crippen molar-refractivity contribution >= 4 is 28.5 Å². The fourth-order valence-electron chi connectivity index (χ4n) is 1.40. The number of amides is 1. The Hall–Kier alpha value is -0.990. The number of benzene rings is 1. The quantitative estimate of drug-likeness (QED) is 0.583. The van der Waals surface area contributed by atoms with Crippen LogP contribution in [0.25, 0.3) is 0 Å². The number of unbranched alkanes of at least 4 members (excludes halogenated alkanes) is 1. The van der Waals surface area contributed by atoms with Gasteiger partial charge in [-0.05, 0) is 47.2 Å². The molecule has 0 spiro atoms. The molecule has 0 heterocycles. The van der Waals surface area contributed by atoms with Gasteiger partial charge in [0.1, 0.15) is 5.75 Å². The van der Waals surface area contributed by atoms with E-state index in [0.29, 0.717) is 15.7 Å². The van der Waals surface area contributed by atoms with Gasteiger partial charge in [-0.15, -0.1) is 0 Å². The molecule has 20 heavy (non-hydrogen) atoms. The second-order valence-corrected chi connectivity index (χ2v) is 5.32. The number of rotatable bonds is 6. The van der Waals surface area contributed by atoms with Gasteiger partial charge in [0.2, 0.25) is 0 Å². The number of ether oxygens (including phenoxy) is 1. The molecule has 0 saturated carbocycles. The topological polar surface area (TPSA) is 38.3 Å². The predicted molar refractivity (Wildman–Crippen MR) is 78.0 cm³/mol. The van der Waals surface area contributed by atoms with E-state index in [1.165, 1.54) is 18.2 Å². The number of nitrogens with one attached hydrogen (secondary N) is 1. The number of hydrogen-bond acceptors (Lipinski definition) is 2. The lowest BCUT2D eigenvalue weighted by molar-refractivity contribution is -0.153. The molecule has 0 unspecified atom stereocenters. The van der Waals surface area contributed by atoms with Crippen molar-refractivity contribution in [3.63, 3.8) is 0 Å². The minimum Gasteiger partial charge on any atom is -0.483 e. The molecule has 7 heteroatoms. The molecule has 112 valence electrons. The first kappa shape index (κ1) is 17.1. The minimum absolute atomic E-state index is 0.119. The average Bonchev–Trinajstić information content (AvgIpc) is 2.36. The first-order chi connectivity index (χ1) is 9.33. The van der Waals surface area contributed by atoms with Crippen LogP contribution in [0.1, 0.15) is 30.1 Å². The molecule has 0 aliphatic rings. The van der Waals surface area contributed by atoms with Gasteiger partial charge in [0.25, 0.3) is 5.91 Å². The van der Waals surface area contributed by atoms with E-state index in [9.17, 15) is 18.0 Å². The Morgan fingerprint density at radius 2 is 2.10 bits per heavy atom. The summed E-state index contributed by atoms with van der Waals surface area (Å²) in [6.45, 7) is 1.26. The third kappa shape index (κ3) is 5.98. The maximum Gasteiger partial charge on any atom is 0.422 e. The highest BCUT2D eigenvalue weighted by Gasteiger charge is 2.28. The highest BCUT2D eigenvalue weighted by Crippen LogP contribution is 2.24. The molecule has 0 bridgehead atoms. The third-order valence-corrected chi connectivity index (χ3v) is 3.24. The van der Waals surface area contributed by atoms with Crippen LogP contribution < -0.4 is 10.1 Å². The number of halogens is 4. The molecule has 1 N–H and O–H groups in total. The van der Waals surface area contributed by atoms with E-state index in [2.05, 4.69) is 10.1 Å². The van der Waals surface area contributed by atoms with Gasteiger partial charge in [-0.2, -0.15) is 13.2 Å². The van der Waals surface area contributed by atoms with Crippen molar-refractivity contribution in [3.05, 3.63) is 27.3 Å². The number of hydrogen-bond donors (Lipinski definition) is 1. The molecule has 1 aromatic carbocycles. The molecule has 1 rings (SSSR count). The van der Waals surface area contributed by atoms with Gasteiger partial charge in [0, 0.05) is 12.1 Å². The number of alkyl halides is 3. The third-order valence-electron chi connectivity index (χ3n) is 2.40. The zero-order chi connectivity index (χ0) is 15.2. The average molecular weight is 401 g/mol. The fourth-order valence-corrected chi connectivity index (χ4v) is 2.07. The lowest BCUT2D eigenvalue weighted by atomic mass is 10.2. The number of carbonyl (C=O) groups is 1. The molecule has 1 aromatic rings. The van der Waals surface area contributed by atoms with E-state index in [4.69, 9.17) is 0 Å². The molecule has 0 aliphatic carbocycles. The Morgan fingerprint density at radius 1 is 1.40 bits per heavy atom. The van der Waals surface area contributed by atoms with Gasteiger partial charge in [0.05, 0.1) is 3.57 Å². The molecule has 0 aliphatic heterocycles. The standard InChI is InChI=1S/C13H15F3INO2/c1-2-3-6-18-12(19)9-4-5-11(10(17)7-9)20-8-13(14,15)16/h4-5,7H,2-3,6,8H2,1H3,(H,18,19). The van der Waals surface area contributed by atoms with Crippen molar-refractivity contribution < 1.29 is 22.7 Å². The molecule has 0 radical (unpaired) electrons. The van der Waals surface area contributed by atoms with Crippen LogP contribution in [0.3, 0.4) is 0 Å². The fraction of sp³-hybridized carbons (Fsp3) is 0.462. The van der Waals surface area contributed by atoms with Crippen molar-refractivity contribution in [3.8, 4) is 5.75 Å². The van der Waals surface area contributed by atoms with Crippen LogP contribution in [0, 0.1) is 3.57 Å². The van der Waals surface area contributed by atoms with E-state index >= 15 is 0 Å². The molecular weight excluding hydrogens is 386 g/mol. The highest BCUT2D eigenvalue weighted by molar-refractivity contribution is 14.1. The van der Waals surface area contributed by atoms with Crippen molar-refractivity contribution in [1.82, 2.24) is 5.32 Å². The summed E-state index contributed by atoms with van der Waals surface area (Å²) in [7, 11) is 0. The smallest absolute Gasteiger partial charge is 0.422 e. The first-order valence-corrected chi connectivity index (χ1v) is 7.18. The minimum atomic E-state index is -4.38. The normalized spacial score (nSPS) is 11.2. The first-order valence-electron chi connectivity index (χ1n) is 6.11. The largest absolute Gasteiger partial charge is 0.483 e. The van der Waals surface area contributed by atoms with Crippen LogP contribution in [0.15, 0.2) is 18.2 Å². The van der Waals surface area contributed by atoms with Crippen molar-refractivity contribution in [2.75, 3.05) is 13.2 Å². The van der Waals surface area contributed by atoms with E-state index in [-0.39, 0.29) is 11.7 Å². The van der Waals surface area contributed by atoms with Crippen LogP contribution in [-0.4, -0.2) is 25.2 Å². The lowest BCUT2D eigenvalue weighted by Crippen LogP contribution is -2.24. The van der Waals surface area contributed by atoms with Crippen LogP contribution in [0.5, 0.6) is 5.75 Å². The summed E-state index contributed by atoms with van der Waals surface area (Å²) in [6.07, 6.45) is -2.52. The SMILES string of the molecule is CCCCNC(=O)c1ccc(OCC(F)(F)F)c(I)c1. The van der Waals surface area contributed by atoms with E-state index in [1.54, 1.807) is 0 Å². The summed E-state index contributed by atoms with van der Waals surface area (Å²) in [5.74, 6) is -0.119. The summed E-state index contributed by atoms with van der Waals surface area (Å²) in [5.41, 5.74) is 0.407. The molecular formula is C13H15F3INO2.